The topological polar surface area (TPSA) is 64.0 Å². The summed E-state index contributed by atoms with van der Waals surface area (Å²) in [6.45, 7) is 6.68. The molecule has 1 amide bonds. The van der Waals surface area contributed by atoms with Crippen molar-refractivity contribution in [1.29, 1.82) is 0 Å². The molecule has 0 saturated carbocycles. The first kappa shape index (κ1) is 25.2. The molecule has 4 rings (SSSR count). The number of para-hydroxylation sites is 1. The van der Waals surface area contributed by atoms with Crippen molar-refractivity contribution in [2.24, 2.45) is 0 Å². The van der Waals surface area contributed by atoms with E-state index < -0.39 is 0 Å². The zero-order chi connectivity index (χ0) is 24.8. The van der Waals surface area contributed by atoms with Crippen LogP contribution in [0.1, 0.15) is 41.3 Å². The van der Waals surface area contributed by atoms with Gasteiger partial charge in [0.05, 0.1) is 5.39 Å². The van der Waals surface area contributed by atoms with Crippen LogP contribution in [0.4, 0.5) is 5.69 Å². The highest BCUT2D eigenvalue weighted by Gasteiger charge is 2.15. The summed E-state index contributed by atoms with van der Waals surface area (Å²) >= 11 is 3.16. The number of nitrogens with one attached hydrogen (secondary N) is 1. The molecular formula is C28H31N3O2S2. The lowest BCUT2D eigenvalue weighted by atomic mass is 10.1. The van der Waals surface area contributed by atoms with E-state index in [0.29, 0.717) is 24.8 Å². The second-order valence-electron chi connectivity index (χ2n) is 8.64. The smallest absolute Gasteiger partial charge is 0.262 e. The van der Waals surface area contributed by atoms with Gasteiger partial charge >= 0.3 is 0 Å². The number of carbonyl (C=O) groups excluding carboxylic acids is 1. The van der Waals surface area contributed by atoms with Gasteiger partial charge in [-0.25, -0.2) is 4.98 Å². The minimum absolute atomic E-state index is 0.0127. The molecule has 0 spiro atoms. The van der Waals surface area contributed by atoms with Crippen LogP contribution >= 0.6 is 23.1 Å². The van der Waals surface area contributed by atoms with E-state index in [4.69, 9.17) is 4.98 Å². The molecule has 5 nitrogen and oxygen atoms in total. The Morgan fingerprint density at radius 1 is 1.09 bits per heavy atom. The predicted molar refractivity (Wildman–Crippen MR) is 148 cm³/mol. The quantitative estimate of drug-likeness (QED) is 0.154. The Morgan fingerprint density at radius 2 is 1.83 bits per heavy atom. The molecule has 2 heterocycles. The average Bonchev–Trinajstić information content (AvgIpc) is 3.28. The van der Waals surface area contributed by atoms with Gasteiger partial charge in [0, 0.05) is 29.3 Å². The lowest BCUT2D eigenvalue weighted by molar-refractivity contribution is -0.116. The summed E-state index contributed by atoms with van der Waals surface area (Å²) < 4.78 is 1.81. The van der Waals surface area contributed by atoms with Crippen molar-refractivity contribution in [3.8, 4) is 0 Å². The molecule has 35 heavy (non-hydrogen) atoms. The van der Waals surface area contributed by atoms with Gasteiger partial charge in [-0.1, -0.05) is 67.2 Å². The highest BCUT2D eigenvalue weighted by atomic mass is 32.2. The number of nitrogens with zero attached hydrogens (tertiary/aromatic N) is 2. The van der Waals surface area contributed by atoms with E-state index in [0.717, 1.165) is 45.4 Å². The summed E-state index contributed by atoms with van der Waals surface area (Å²) in [5.41, 5.74) is 4.25. The predicted octanol–water partition coefficient (Wildman–Crippen LogP) is 6.39. The Balaban J connectivity index is 1.45. The van der Waals surface area contributed by atoms with Gasteiger partial charge in [0.1, 0.15) is 4.83 Å². The van der Waals surface area contributed by atoms with Crippen molar-refractivity contribution in [2.75, 3.05) is 11.1 Å². The second kappa shape index (κ2) is 11.7. The lowest BCUT2D eigenvalue weighted by Crippen LogP contribution is -2.24. The van der Waals surface area contributed by atoms with Gasteiger partial charge in [-0.3, -0.25) is 14.2 Å². The van der Waals surface area contributed by atoms with E-state index >= 15 is 0 Å². The maximum atomic E-state index is 13.4. The van der Waals surface area contributed by atoms with E-state index in [9.17, 15) is 9.59 Å². The fourth-order valence-electron chi connectivity index (χ4n) is 4.02. The molecule has 2 aromatic heterocycles. The van der Waals surface area contributed by atoms with Gasteiger partial charge in [-0.15, -0.1) is 11.3 Å². The molecule has 0 saturated heterocycles. The third-order valence-corrected chi connectivity index (χ3v) is 8.24. The highest BCUT2D eigenvalue weighted by molar-refractivity contribution is 7.99. The fraction of sp³-hybridized carbons (Fsp3) is 0.321. The van der Waals surface area contributed by atoms with E-state index in [1.165, 1.54) is 10.4 Å². The SMILES string of the molecule is CCc1cc2c(=O)n(CCc3ccccc3)c(SCCCC(=O)Nc3c(C)cccc3C)nc2s1. The van der Waals surface area contributed by atoms with Crippen molar-refractivity contribution in [1.82, 2.24) is 9.55 Å². The summed E-state index contributed by atoms with van der Waals surface area (Å²) in [4.78, 5) is 32.7. The van der Waals surface area contributed by atoms with Crippen LogP contribution in [-0.4, -0.2) is 21.2 Å². The Bertz CT molecular complexity index is 1360. The molecule has 0 bridgehead atoms. The van der Waals surface area contributed by atoms with Crippen LogP contribution in [0.25, 0.3) is 10.2 Å². The molecule has 4 aromatic rings. The van der Waals surface area contributed by atoms with Gasteiger partial charge in [-0.2, -0.15) is 0 Å². The largest absolute Gasteiger partial charge is 0.326 e. The first-order valence-electron chi connectivity index (χ1n) is 12.0. The second-order valence-corrected chi connectivity index (χ2v) is 10.8. The Labute approximate surface area is 214 Å². The van der Waals surface area contributed by atoms with Crippen LogP contribution in [0.5, 0.6) is 0 Å². The Morgan fingerprint density at radius 3 is 2.54 bits per heavy atom. The molecule has 0 unspecified atom stereocenters. The number of benzene rings is 2. The van der Waals surface area contributed by atoms with Gasteiger partial charge in [0.15, 0.2) is 5.16 Å². The third kappa shape index (κ3) is 6.21. The Kier molecular flexibility index (Phi) is 8.42. The highest BCUT2D eigenvalue weighted by Crippen LogP contribution is 2.26. The van der Waals surface area contributed by atoms with Gasteiger partial charge in [0.25, 0.3) is 5.56 Å². The average molecular weight is 506 g/mol. The first-order valence-corrected chi connectivity index (χ1v) is 13.8. The van der Waals surface area contributed by atoms with Crippen LogP contribution in [0.3, 0.4) is 0 Å². The van der Waals surface area contributed by atoms with Crippen LogP contribution in [0.2, 0.25) is 0 Å². The number of thiophene rings is 1. The van der Waals surface area contributed by atoms with E-state index in [1.807, 2.05) is 60.9 Å². The van der Waals surface area contributed by atoms with Crippen molar-refractivity contribution < 1.29 is 4.79 Å². The number of anilines is 1. The molecule has 0 atom stereocenters. The molecule has 0 radical (unpaired) electrons. The number of amides is 1. The maximum Gasteiger partial charge on any atom is 0.262 e. The van der Waals surface area contributed by atoms with Gasteiger partial charge < -0.3 is 5.32 Å². The Hall–Kier alpha value is -2.90. The number of rotatable bonds is 10. The van der Waals surface area contributed by atoms with E-state index in [-0.39, 0.29) is 11.5 Å². The normalized spacial score (nSPS) is 11.2. The van der Waals surface area contributed by atoms with E-state index in [2.05, 4.69) is 24.4 Å². The summed E-state index contributed by atoms with van der Waals surface area (Å²) in [7, 11) is 0. The van der Waals surface area contributed by atoms with Crippen molar-refractivity contribution >= 4 is 44.9 Å². The molecule has 1 N–H and O–H groups in total. The number of aryl methyl sites for hydroxylation is 4. The summed E-state index contributed by atoms with van der Waals surface area (Å²) in [6.07, 6.45) is 2.79. The monoisotopic (exact) mass is 505 g/mol. The molecule has 0 aliphatic carbocycles. The van der Waals surface area contributed by atoms with Crippen molar-refractivity contribution in [3.05, 3.63) is 86.5 Å². The summed E-state index contributed by atoms with van der Waals surface area (Å²) in [6, 6.07) is 18.2. The molecule has 0 aliphatic heterocycles. The molecule has 182 valence electrons. The molecule has 0 fully saturated rings. The standard InChI is InChI=1S/C28H31N3O2S2/c1-4-22-18-23-26(35-22)30-28(31(27(23)33)16-15-21-12-6-5-7-13-21)34-17-9-14-24(32)29-25-19(2)10-8-11-20(25)3/h5-8,10-13,18H,4,9,14-17H2,1-3H3,(H,29,32). The number of aromatic nitrogens is 2. The van der Waals surface area contributed by atoms with Crippen molar-refractivity contribution in [3.63, 3.8) is 0 Å². The minimum Gasteiger partial charge on any atom is -0.326 e. The van der Waals surface area contributed by atoms with Gasteiger partial charge in [0.2, 0.25) is 5.91 Å². The maximum absolute atomic E-state index is 13.4. The fourth-order valence-corrected chi connectivity index (χ4v) is 6.00. The first-order chi connectivity index (χ1) is 17.0. The molecule has 2 aromatic carbocycles. The summed E-state index contributed by atoms with van der Waals surface area (Å²) in [5, 5.41) is 4.49. The minimum atomic E-state index is 0.0127. The zero-order valence-corrected chi connectivity index (χ0v) is 22.1. The number of hydrogen-bond acceptors (Lipinski definition) is 5. The molecule has 0 aliphatic rings. The van der Waals surface area contributed by atoms with Gasteiger partial charge in [-0.05, 0) is 55.9 Å². The summed E-state index contributed by atoms with van der Waals surface area (Å²) in [5.74, 6) is 0.730. The number of hydrogen-bond donors (Lipinski definition) is 1. The number of thioether (sulfide) groups is 1. The zero-order valence-electron chi connectivity index (χ0n) is 20.5. The van der Waals surface area contributed by atoms with Crippen LogP contribution in [0, 0.1) is 13.8 Å². The van der Waals surface area contributed by atoms with Crippen molar-refractivity contribution in [2.45, 2.75) is 58.2 Å². The van der Waals surface area contributed by atoms with Crippen LogP contribution in [0.15, 0.2) is 64.5 Å². The number of carbonyl (C=O) groups is 1. The van der Waals surface area contributed by atoms with E-state index in [1.54, 1.807) is 23.1 Å². The molecule has 7 heteroatoms. The third-order valence-electron chi connectivity index (χ3n) is 6.01. The lowest BCUT2D eigenvalue weighted by Gasteiger charge is -2.13. The van der Waals surface area contributed by atoms with Crippen LogP contribution < -0.4 is 10.9 Å². The number of fused-ring (bicyclic) bond motifs is 1. The molecular weight excluding hydrogens is 474 g/mol. The van der Waals surface area contributed by atoms with Crippen LogP contribution in [-0.2, 0) is 24.2 Å².